The number of amides is 1. The van der Waals surface area contributed by atoms with E-state index in [1.54, 1.807) is 11.3 Å². The van der Waals surface area contributed by atoms with Crippen molar-refractivity contribution in [1.82, 2.24) is 10.2 Å². The monoisotopic (exact) mass is 304 g/mol. The molecule has 0 aliphatic rings. The molecule has 1 N–H and O–H groups in total. The van der Waals surface area contributed by atoms with Crippen LogP contribution >= 0.6 is 11.3 Å². The van der Waals surface area contributed by atoms with Gasteiger partial charge in [-0.25, -0.2) is 0 Å². The number of para-hydroxylation sites is 1. The van der Waals surface area contributed by atoms with E-state index in [0.29, 0.717) is 19.7 Å². The first kappa shape index (κ1) is 15.5. The summed E-state index contributed by atoms with van der Waals surface area (Å²) in [7, 11) is 1.94. The molecule has 4 nitrogen and oxygen atoms in total. The lowest BCUT2D eigenvalue weighted by Crippen LogP contribution is -2.36. The predicted molar refractivity (Wildman–Crippen MR) is 85.6 cm³/mol. The van der Waals surface area contributed by atoms with E-state index in [2.05, 4.69) is 16.8 Å². The zero-order chi connectivity index (χ0) is 14.9. The Morgan fingerprint density at radius 3 is 2.81 bits per heavy atom. The number of hydrogen-bond donors (Lipinski definition) is 1. The van der Waals surface area contributed by atoms with Crippen molar-refractivity contribution in [3.05, 3.63) is 52.7 Å². The number of carbonyl (C=O) groups is 1. The molecule has 2 rings (SSSR count). The van der Waals surface area contributed by atoms with Crippen LogP contribution in [0.15, 0.2) is 47.2 Å². The molecule has 0 radical (unpaired) electrons. The predicted octanol–water partition coefficient (Wildman–Crippen LogP) is 2.38. The lowest BCUT2D eigenvalue weighted by Gasteiger charge is -2.15. The molecule has 0 bridgehead atoms. The van der Waals surface area contributed by atoms with Gasteiger partial charge in [0.1, 0.15) is 12.4 Å². The Morgan fingerprint density at radius 1 is 1.29 bits per heavy atom. The van der Waals surface area contributed by atoms with Crippen molar-refractivity contribution in [2.75, 3.05) is 26.7 Å². The lowest BCUT2D eigenvalue weighted by molar-refractivity contribution is -0.122. The summed E-state index contributed by atoms with van der Waals surface area (Å²) in [6.07, 6.45) is 0. The second kappa shape index (κ2) is 8.44. The molecule has 0 atom stereocenters. The highest BCUT2D eigenvalue weighted by atomic mass is 32.1. The van der Waals surface area contributed by atoms with E-state index in [1.807, 2.05) is 47.7 Å². The quantitative estimate of drug-likeness (QED) is 0.761. The maximum Gasteiger partial charge on any atom is 0.234 e. The first-order valence-electron chi connectivity index (χ1n) is 6.88. The summed E-state index contributed by atoms with van der Waals surface area (Å²) >= 11 is 1.67. The normalized spacial score (nSPS) is 10.6. The van der Waals surface area contributed by atoms with Crippen LogP contribution in [-0.4, -0.2) is 37.6 Å². The fourth-order valence-electron chi connectivity index (χ4n) is 1.93. The van der Waals surface area contributed by atoms with E-state index in [-0.39, 0.29) is 5.91 Å². The van der Waals surface area contributed by atoms with Gasteiger partial charge in [0.2, 0.25) is 5.91 Å². The highest BCUT2D eigenvalue weighted by Gasteiger charge is 2.06. The molecule has 1 amide bonds. The van der Waals surface area contributed by atoms with Crippen molar-refractivity contribution in [3.63, 3.8) is 0 Å². The van der Waals surface area contributed by atoms with Crippen molar-refractivity contribution in [2.24, 2.45) is 0 Å². The first-order valence-corrected chi connectivity index (χ1v) is 7.82. The fourth-order valence-corrected chi connectivity index (χ4v) is 2.59. The van der Waals surface area contributed by atoms with Gasteiger partial charge in [-0.3, -0.25) is 9.69 Å². The molecule has 0 aliphatic carbocycles. The highest BCUT2D eigenvalue weighted by Crippen LogP contribution is 2.08. The Bertz CT molecular complexity index is 528. The van der Waals surface area contributed by atoms with Crippen molar-refractivity contribution >= 4 is 17.2 Å². The molecule has 0 unspecified atom stereocenters. The third-order valence-electron chi connectivity index (χ3n) is 2.88. The van der Waals surface area contributed by atoms with E-state index in [4.69, 9.17) is 4.74 Å². The Balaban J connectivity index is 1.59. The number of nitrogens with zero attached hydrogens (tertiary/aromatic N) is 1. The summed E-state index contributed by atoms with van der Waals surface area (Å²) in [6.45, 7) is 2.17. The molecule has 0 fully saturated rings. The van der Waals surface area contributed by atoms with Crippen LogP contribution in [0.2, 0.25) is 0 Å². The Morgan fingerprint density at radius 2 is 2.10 bits per heavy atom. The van der Waals surface area contributed by atoms with E-state index in [0.717, 1.165) is 12.3 Å². The van der Waals surface area contributed by atoms with Gasteiger partial charge < -0.3 is 10.1 Å². The van der Waals surface area contributed by atoms with Crippen LogP contribution in [0, 0.1) is 0 Å². The first-order chi connectivity index (χ1) is 10.2. The molecule has 21 heavy (non-hydrogen) atoms. The average molecular weight is 304 g/mol. The molecular weight excluding hydrogens is 284 g/mol. The van der Waals surface area contributed by atoms with Crippen LogP contribution in [-0.2, 0) is 11.3 Å². The van der Waals surface area contributed by atoms with Gasteiger partial charge in [0.05, 0.1) is 13.1 Å². The van der Waals surface area contributed by atoms with Gasteiger partial charge in [0.25, 0.3) is 0 Å². The summed E-state index contributed by atoms with van der Waals surface area (Å²) in [5.41, 5.74) is 1.24. The van der Waals surface area contributed by atoms with Gasteiger partial charge in [-0.2, -0.15) is 11.3 Å². The number of likely N-dealkylation sites (N-methyl/N-ethyl adjacent to an activating group) is 1. The van der Waals surface area contributed by atoms with Gasteiger partial charge in [-0.15, -0.1) is 0 Å². The number of rotatable bonds is 8. The van der Waals surface area contributed by atoms with E-state index >= 15 is 0 Å². The molecule has 0 spiro atoms. The second-order valence-corrected chi connectivity index (χ2v) is 5.60. The number of hydrogen-bond acceptors (Lipinski definition) is 4. The zero-order valence-electron chi connectivity index (χ0n) is 12.1. The van der Waals surface area contributed by atoms with Gasteiger partial charge in [-0.1, -0.05) is 18.2 Å². The Kier molecular flexibility index (Phi) is 6.24. The van der Waals surface area contributed by atoms with Gasteiger partial charge in [0, 0.05) is 6.54 Å². The number of benzene rings is 1. The molecule has 1 heterocycles. The molecule has 1 aromatic heterocycles. The van der Waals surface area contributed by atoms with Crippen molar-refractivity contribution in [2.45, 2.75) is 6.54 Å². The van der Waals surface area contributed by atoms with E-state index in [1.165, 1.54) is 5.56 Å². The zero-order valence-corrected chi connectivity index (χ0v) is 12.9. The SMILES string of the molecule is CN(CC(=O)NCCOc1ccccc1)Cc1ccsc1. The van der Waals surface area contributed by atoms with Crippen LogP contribution in [0.1, 0.15) is 5.56 Å². The summed E-state index contributed by atoms with van der Waals surface area (Å²) in [5.74, 6) is 0.839. The fraction of sp³-hybridized carbons (Fsp3) is 0.312. The number of nitrogens with one attached hydrogen (secondary N) is 1. The highest BCUT2D eigenvalue weighted by molar-refractivity contribution is 7.07. The van der Waals surface area contributed by atoms with Crippen LogP contribution in [0.3, 0.4) is 0 Å². The maximum atomic E-state index is 11.8. The van der Waals surface area contributed by atoms with Crippen LogP contribution in [0.25, 0.3) is 0 Å². The minimum Gasteiger partial charge on any atom is -0.492 e. The summed E-state index contributed by atoms with van der Waals surface area (Å²) in [5, 5.41) is 7.01. The second-order valence-electron chi connectivity index (χ2n) is 4.82. The van der Waals surface area contributed by atoms with Crippen molar-refractivity contribution in [1.29, 1.82) is 0 Å². The largest absolute Gasteiger partial charge is 0.492 e. The average Bonchev–Trinajstić information content (AvgIpc) is 2.97. The third kappa shape index (κ3) is 5.97. The molecular formula is C16H20N2O2S. The van der Waals surface area contributed by atoms with Crippen molar-refractivity contribution in [3.8, 4) is 5.75 Å². The standard InChI is InChI=1S/C16H20N2O2S/c1-18(11-14-7-10-21-13-14)12-16(19)17-8-9-20-15-5-3-2-4-6-15/h2-7,10,13H,8-9,11-12H2,1H3,(H,17,19). The number of carbonyl (C=O) groups excluding carboxylic acids is 1. The number of ether oxygens (including phenoxy) is 1. The molecule has 5 heteroatoms. The van der Waals surface area contributed by atoms with Crippen LogP contribution < -0.4 is 10.1 Å². The minimum absolute atomic E-state index is 0.0180. The topological polar surface area (TPSA) is 41.6 Å². The Labute approximate surface area is 129 Å². The van der Waals surface area contributed by atoms with E-state index in [9.17, 15) is 4.79 Å². The lowest BCUT2D eigenvalue weighted by atomic mass is 10.3. The van der Waals surface area contributed by atoms with Crippen LogP contribution in [0.4, 0.5) is 0 Å². The minimum atomic E-state index is 0.0180. The Hall–Kier alpha value is -1.85. The van der Waals surface area contributed by atoms with Gasteiger partial charge >= 0.3 is 0 Å². The maximum absolute atomic E-state index is 11.8. The van der Waals surface area contributed by atoms with Crippen LogP contribution in [0.5, 0.6) is 5.75 Å². The van der Waals surface area contributed by atoms with Gasteiger partial charge in [-0.05, 0) is 41.6 Å². The van der Waals surface area contributed by atoms with Gasteiger partial charge in [0.15, 0.2) is 0 Å². The summed E-state index contributed by atoms with van der Waals surface area (Å²) in [6, 6.07) is 11.7. The van der Waals surface area contributed by atoms with E-state index < -0.39 is 0 Å². The van der Waals surface area contributed by atoms with Crippen molar-refractivity contribution < 1.29 is 9.53 Å². The molecule has 1 aromatic carbocycles. The molecule has 0 saturated heterocycles. The molecule has 2 aromatic rings. The molecule has 0 saturated carbocycles. The number of thiophene rings is 1. The summed E-state index contributed by atoms with van der Waals surface area (Å²) in [4.78, 5) is 13.8. The smallest absolute Gasteiger partial charge is 0.234 e. The molecule has 112 valence electrons. The summed E-state index contributed by atoms with van der Waals surface area (Å²) < 4.78 is 5.52. The molecule has 0 aliphatic heterocycles. The third-order valence-corrected chi connectivity index (χ3v) is 3.61.